The fourth-order valence-corrected chi connectivity index (χ4v) is 2.03. The van der Waals surface area contributed by atoms with Gasteiger partial charge in [-0.25, -0.2) is 9.97 Å². The lowest BCUT2D eigenvalue weighted by atomic mass is 10.2. The van der Waals surface area contributed by atoms with E-state index in [2.05, 4.69) is 25.3 Å². The molecule has 0 aliphatic rings. The van der Waals surface area contributed by atoms with Crippen LogP contribution >= 0.6 is 0 Å². The highest BCUT2D eigenvalue weighted by atomic mass is 19.4. The maximum absolute atomic E-state index is 12.6. The summed E-state index contributed by atoms with van der Waals surface area (Å²) in [5, 5.41) is 2.89. The largest absolute Gasteiger partial charge is 0.478 e. The van der Waals surface area contributed by atoms with Gasteiger partial charge in [0.2, 0.25) is 5.65 Å². The van der Waals surface area contributed by atoms with Gasteiger partial charge in [-0.05, 0) is 31.2 Å². The standard InChI is InChI=1S/C14H12F3N5O/c1-7-18-10-11(19-7)22-13(23-2)12(21-10)20-9-5-3-8(4-6-9)14(15,16)17/h3-6H,1-2H3,(H2,18,19,20,21,22). The molecule has 0 unspecified atom stereocenters. The Morgan fingerprint density at radius 2 is 1.78 bits per heavy atom. The van der Waals surface area contributed by atoms with Crippen molar-refractivity contribution in [2.45, 2.75) is 13.1 Å². The number of aromatic nitrogens is 4. The van der Waals surface area contributed by atoms with Crippen molar-refractivity contribution < 1.29 is 17.9 Å². The minimum absolute atomic E-state index is 0.198. The molecule has 0 aliphatic heterocycles. The van der Waals surface area contributed by atoms with Gasteiger partial charge in [0.1, 0.15) is 5.82 Å². The first-order valence-corrected chi connectivity index (χ1v) is 6.59. The molecule has 0 spiro atoms. The summed E-state index contributed by atoms with van der Waals surface area (Å²) < 4.78 is 42.8. The number of alkyl halides is 3. The SMILES string of the molecule is COc1nc2nc(C)[nH]c2nc1Nc1ccc(C(F)(F)F)cc1. The Bertz CT molecular complexity index is 842. The molecule has 3 aromatic rings. The molecular weight excluding hydrogens is 311 g/mol. The van der Waals surface area contributed by atoms with Crippen LogP contribution in [0.25, 0.3) is 11.3 Å². The molecule has 0 fully saturated rings. The number of hydrogen-bond donors (Lipinski definition) is 2. The zero-order valence-corrected chi connectivity index (χ0v) is 12.2. The number of imidazole rings is 1. The lowest BCUT2D eigenvalue weighted by molar-refractivity contribution is -0.137. The van der Waals surface area contributed by atoms with Crippen LogP contribution in [0.2, 0.25) is 0 Å². The van der Waals surface area contributed by atoms with Crippen molar-refractivity contribution >= 4 is 22.8 Å². The average molecular weight is 323 g/mol. The summed E-state index contributed by atoms with van der Waals surface area (Å²) >= 11 is 0. The number of nitrogens with zero attached hydrogens (tertiary/aromatic N) is 3. The number of benzene rings is 1. The summed E-state index contributed by atoms with van der Waals surface area (Å²) in [7, 11) is 1.42. The van der Waals surface area contributed by atoms with Crippen molar-refractivity contribution in [3.05, 3.63) is 35.7 Å². The Balaban J connectivity index is 1.94. The monoisotopic (exact) mass is 323 g/mol. The molecule has 0 radical (unpaired) electrons. The fourth-order valence-electron chi connectivity index (χ4n) is 2.03. The summed E-state index contributed by atoms with van der Waals surface area (Å²) in [4.78, 5) is 15.6. The van der Waals surface area contributed by atoms with Crippen molar-refractivity contribution in [1.29, 1.82) is 0 Å². The normalized spacial score (nSPS) is 11.7. The molecule has 9 heteroatoms. The van der Waals surface area contributed by atoms with E-state index < -0.39 is 11.7 Å². The number of methoxy groups -OCH3 is 1. The molecule has 120 valence electrons. The van der Waals surface area contributed by atoms with Crippen molar-refractivity contribution in [2.24, 2.45) is 0 Å². The molecule has 0 amide bonds. The molecule has 0 saturated carbocycles. The zero-order chi connectivity index (χ0) is 16.6. The smallest absolute Gasteiger partial charge is 0.416 e. The van der Waals surface area contributed by atoms with Gasteiger partial charge in [-0.1, -0.05) is 0 Å². The molecule has 0 bridgehead atoms. The maximum Gasteiger partial charge on any atom is 0.416 e. The van der Waals surface area contributed by atoms with E-state index in [1.165, 1.54) is 19.2 Å². The van der Waals surface area contributed by atoms with Gasteiger partial charge in [0, 0.05) is 5.69 Å². The molecule has 0 aliphatic carbocycles. The second kappa shape index (κ2) is 5.41. The van der Waals surface area contributed by atoms with Gasteiger partial charge >= 0.3 is 6.18 Å². The van der Waals surface area contributed by atoms with E-state index in [0.29, 0.717) is 22.8 Å². The number of aromatic amines is 1. The van der Waals surface area contributed by atoms with Crippen LogP contribution in [0.1, 0.15) is 11.4 Å². The summed E-state index contributed by atoms with van der Waals surface area (Å²) in [5.41, 5.74) is 0.567. The molecule has 2 N–H and O–H groups in total. The third-order valence-corrected chi connectivity index (χ3v) is 3.09. The van der Waals surface area contributed by atoms with Gasteiger partial charge in [0.25, 0.3) is 5.88 Å². The average Bonchev–Trinajstić information content (AvgIpc) is 2.85. The van der Waals surface area contributed by atoms with Gasteiger partial charge in [-0.3, -0.25) is 0 Å². The number of H-pyrrole nitrogens is 1. The zero-order valence-electron chi connectivity index (χ0n) is 12.2. The van der Waals surface area contributed by atoms with Gasteiger partial charge in [0.05, 0.1) is 12.7 Å². The van der Waals surface area contributed by atoms with E-state index in [-0.39, 0.29) is 11.7 Å². The Hall–Kier alpha value is -2.84. The number of rotatable bonds is 3. The van der Waals surface area contributed by atoms with E-state index in [0.717, 1.165) is 12.1 Å². The van der Waals surface area contributed by atoms with E-state index in [1.807, 2.05) is 0 Å². The number of anilines is 2. The second-order valence-corrected chi connectivity index (χ2v) is 4.78. The fraction of sp³-hybridized carbons (Fsp3) is 0.214. The summed E-state index contributed by atoms with van der Waals surface area (Å²) in [6.45, 7) is 1.76. The lowest BCUT2D eigenvalue weighted by Crippen LogP contribution is -2.05. The molecule has 23 heavy (non-hydrogen) atoms. The first-order chi connectivity index (χ1) is 10.9. The van der Waals surface area contributed by atoms with Crippen LogP contribution in [0.3, 0.4) is 0 Å². The van der Waals surface area contributed by atoms with Crippen molar-refractivity contribution in [3.8, 4) is 5.88 Å². The number of nitrogens with one attached hydrogen (secondary N) is 2. The van der Waals surface area contributed by atoms with Crippen molar-refractivity contribution in [2.75, 3.05) is 12.4 Å². The minimum atomic E-state index is -4.37. The van der Waals surface area contributed by atoms with Gasteiger partial charge < -0.3 is 15.0 Å². The quantitative estimate of drug-likeness (QED) is 0.772. The van der Waals surface area contributed by atoms with Crippen molar-refractivity contribution in [1.82, 2.24) is 19.9 Å². The predicted octanol–water partition coefficient (Wildman–Crippen LogP) is 3.43. The molecule has 0 saturated heterocycles. The molecule has 3 rings (SSSR count). The summed E-state index contributed by atoms with van der Waals surface area (Å²) in [6.07, 6.45) is -4.37. The number of ether oxygens (including phenoxy) is 1. The number of aryl methyl sites for hydroxylation is 1. The van der Waals surface area contributed by atoms with Crippen LogP contribution in [0, 0.1) is 6.92 Å². The Morgan fingerprint density at radius 1 is 1.09 bits per heavy atom. The lowest BCUT2D eigenvalue weighted by Gasteiger charge is -2.10. The highest BCUT2D eigenvalue weighted by Crippen LogP contribution is 2.31. The van der Waals surface area contributed by atoms with Crippen LogP contribution in [0.4, 0.5) is 24.7 Å². The van der Waals surface area contributed by atoms with E-state index in [4.69, 9.17) is 4.74 Å². The highest BCUT2D eigenvalue weighted by molar-refractivity contribution is 5.72. The van der Waals surface area contributed by atoms with Crippen LogP contribution in [0.5, 0.6) is 5.88 Å². The third kappa shape index (κ3) is 3.03. The van der Waals surface area contributed by atoms with Gasteiger partial charge in [0.15, 0.2) is 11.5 Å². The molecular formula is C14H12F3N5O. The van der Waals surface area contributed by atoms with Crippen LogP contribution in [-0.4, -0.2) is 27.0 Å². The second-order valence-electron chi connectivity index (χ2n) is 4.78. The predicted molar refractivity (Wildman–Crippen MR) is 77.7 cm³/mol. The molecule has 2 aromatic heterocycles. The van der Waals surface area contributed by atoms with E-state index in [9.17, 15) is 13.2 Å². The summed E-state index contributed by atoms with van der Waals surface area (Å²) in [5.74, 6) is 1.13. The van der Waals surface area contributed by atoms with Crippen LogP contribution in [0.15, 0.2) is 24.3 Å². The molecule has 0 atom stereocenters. The number of halogens is 3. The van der Waals surface area contributed by atoms with Crippen LogP contribution < -0.4 is 10.1 Å². The molecule has 2 heterocycles. The first kappa shape index (κ1) is 15.1. The molecule has 6 nitrogen and oxygen atoms in total. The van der Waals surface area contributed by atoms with E-state index >= 15 is 0 Å². The number of hydrogen-bond acceptors (Lipinski definition) is 5. The highest BCUT2D eigenvalue weighted by Gasteiger charge is 2.30. The Morgan fingerprint density at radius 3 is 2.39 bits per heavy atom. The minimum Gasteiger partial charge on any atom is -0.478 e. The Labute approximate surface area is 128 Å². The Kier molecular flexibility index (Phi) is 3.55. The number of fused-ring (bicyclic) bond motifs is 1. The third-order valence-electron chi connectivity index (χ3n) is 3.09. The summed E-state index contributed by atoms with van der Waals surface area (Å²) in [6, 6.07) is 4.60. The van der Waals surface area contributed by atoms with Crippen LogP contribution in [-0.2, 0) is 6.18 Å². The first-order valence-electron chi connectivity index (χ1n) is 6.59. The van der Waals surface area contributed by atoms with Crippen molar-refractivity contribution in [3.63, 3.8) is 0 Å². The van der Waals surface area contributed by atoms with Gasteiger partial charge in [-0.2, -0.15) is 18.2 Å². The van der Waals surface area contributed by atoms with E-state index in [1.54, 1.807) is 6.92 Å². The topological polar surface area (TPSA) is 75.7 Å². The van der Waals surface area contributed by atoms with Gasteiger partial charge in [-0.15, -0.1) is 0 Å². The molecule has 1 aromatic carbocycles. The maximum atomic E-state index is 12.6.